The summed E-state index contributed by atoms with van der Waals surface area (Å²) in [5.74, 6) is 0. The van der Waals surface area contributed by atoms with Gasteiger partial charge in [-0.15, -0.1) is 0 Å². The molecule has 0 saturated heterocycles. The highest BCUT2D eigenvalue weighted by atomic mass is 15.1. The molecule has 13 rings (SSSR count). The van der Waals surface area contributed by atoms with Crippen LogP contribution in [0.4, 0.5) is 11.4 Å². The van der Waals surface area contributed by atoms with Crippen molar-refractivity contribution >= 4 is 33.2 Å². The quantitative estimate of drug-likeness (QED) is 0.133. The molecule has 330 valence electrons. The monoisotopic (exact) mass is 892 g/mol. The van der Waals surface area contributed by atoms with Crippen LogP contribution in [0.25, 0.3) is 72.0 Å². The van der Waals surface area contributed by atoms with E-state index in [1.54, 1.807) is 0 Å². The molecule has 2 nitrogen and oxygen atoms in total. The normalized spacial score (nSPS) is 12.5. The van der Waals surface area contributed by atoms with E-state index in [1.165, 1.54) is 99.8 Å². The summed E-state index contributed by atoms with van der Waals surface area (Å²) >= 11 is 0. The second-order valence-electron chi connectivity index (χ2n) is 18.5. The van der Waals surface area contributed by atoms with E-state index in [2.05, 4.69) is 289 Å². The highest BCUT2D eigenvalue weighted by Gasteiger charge is 2.46. The predicted molar refractivity (Wildman–Crippen MR) is 293 cm³/mol. The first kappa shape index (κ1) is 41.2. The molecule has 0 spiro atoms. The molecule has 1 aliphatic rings. The number of hydrogen-bond acceptors (Lipinski definition) is 1. The third-order valence-electron chi connectivity index (χ3n) is 14.5. The number of hydrogen-bond donors (Lipinski definition) is 0. The molecule has 1 heterocycles. The van der Waals surface area contributed by atoms with Crippen molar-refractivity contribution in [2.24, 2.45) is 0 Å². The molecule has 12 aromatic rings. The summed E-state index contributed by atoms with van der Waals surface area (Å²) < 4.78 is 2.38. The van der Waals surface area contributed by atoms with Crippen molar-refractivity contribution in [2.75, 3.05) is 4.90 Å². The number of para-hydroxylation sites is 2. The van der Waals surface area contributed by atoms with Gasteiger partial charge in [-0.1, -0.05) is 218 Å². The first-order valence-electron chi connectivity index (χ1n) is 24.3. The van der Waals surface area contributed by atoms with Gasteiger partial charge in [-0.2, -0.15) is 0 Å². The highest BCUT2D eigenvalue weighted by Crippen LogP contribution is 2.56. The van der Waals surface area contributed by atoms with Gasteiger partial charge in [-0.25, -0.2) is 0 Å². The molecule has 1 aliphatic carbocycles. The second kappa shape index (κ2) is 17.3. The number of fused-ring (bicyclic) bond motifs is 6. The molecule has 0 radical (unpaired) electrons. The van der Waals surface area contributed by atoms with Gasteiger partial charge in [0.25, 0.3) is 0 Å². The van der Waals surface area contributed by atoms with E-state index in [0.717, 1.165) is 11.4 Å². The molecule has 0 bridgehead atoms. The van der Waals surface area contributed by atoms with Crippen LogP contribution in [0.5, 0.6) is 0 Å². The van der Waals surface area contributed by atoms with Crippen LogP contribution in [0, 0.1) is 0 Å². The van der Waals surface area contributed by atoms with Crippen molar-refractivity contribution in [3.8, 4) is 50.2 Å². The van der Waals surface area contributed by atoms with Crippen molar-refractivity contribution in [3.05, 3.63) is 307 Å². The highest BCUT2D eigenvalue weighted by molar-refractivity contribution is 6.10. The maximum absolute atomic E-state index is 2.49. The lowest BCUT2D eigenvalue weighted by atomic mass is 9.67. The molecule has 11 aromatic carbocycles. The molecule has 0 saturated carbocycles. The molecule has 0 fully saturated rings. The van der Waals surface area contributed by atoms with Crippen LogP contribution in [-0.2, 0) is 12.0 Å². The van der Waals surface area contributed by atoms with Gasteiger partial charge in [-0.3, -0.25) is 0 Å². The van der Waals surface area contributed by atoms with Crippen molar-refractivity contribution < 1.29 is 0 Å². The van der Waals surface area contributed by atoms with E-state index in [1.807, 2.05) is 0 Å². The molecular weight excluding hydrogens is 845 g/mol. The van der Waals surface area contributed by atoms with Crippen LogP contribution in [0.1, 0.15) is 27.8 Å². The SMILES string of the molecule is c1ccc(-c2ccc(N(Cc3ccc4c(c3)C(c3ccccc3)(c3ccccc3)c3ccccc3-4)c3cccc(-c4cccc(-c5ccc6c(c5)c5ccccc5n6-c5ccccc5)c4)c3)cc2)cc1. The maximum Gasteiger partial charge on any atom is 0.0713 e. The summed E-state index contributed by atoms with van der Waals surface area (Å²) in [5.41, 5.74) is 21.5. The summed E-state index contributed by atoms with van der Waals surface area (Å²) in [6.45, 7) is 0.675. The minimum absolute atomic E-state index is 0.471. The number of aromatic nitrogens is 1. The van der Waals surface area contributed by atoms with Crippen LogP contribution >= 0.6 is 0 Å². The molecule has 2 heteroatoms. The molecule has 0 amide bonds. The molecule has 70 heavy (non-hydrogen) atoms. The number of benzene rings is 11. The minimum Gasteiger partial charge on any atom is -0.337 e. The Morgan fingerprint density at radius 2 is 0.843 bits per heavy atom. The Kier molecular flexibility index (Phi) is 10.2. The van der Waals surface area contributed by atoms with Crippen LogP contribution in [0.2, 0.25) is 0 Å². The van der Waals surface area contributed by atoms with E-state index in [4.69, 9.17) is 0 Å². The van der Waals surface area contributed by atoms with Gasteiger partial charge < -0.3 is 9.47 Å². The Morgan fingerprint density at radius 1 is 0.314 bits per heavy atom. The summed E-state index contributed by atoms with van der Waals surface area (Å²) in [7, 11) is 0. The van der Waals surface area contributed by atoms with Gasteiger partial charge in [0.1, 0.15) is 0 Å². The van der Waals surface area contributed by atoms with Crippen LogP contribution in [0.3, 0.4) is 0 Å². The third-order valence-corrected chi connectivity index (χ3v) is 14.5. The van der Waals surface area contributed by atoms with Gasteiger partial charge in [0, 0.05) is 34.4 Å². The smallest absolute Gasteiger partial charge is 0.0713 e. The van der Waals surface area contributed by atoms with Crippen LogP contribution < -0.4 is 4.90 Å². The lowest BCUT2D eigenvalue weighted by molar-refractivity contribution is 0.766. The lowest BCUT2D eigenvalue weighted by Crippen LogP contribution is -2.28. The first-order chi connectivity index (χ1) is 34.7. The number of rotatable bonds is 10. The van der Waals surface area contributed by atoms with Gasteiger partial charge in [0.15, 0.2) is 0 Å². The summed E-state index contributed by atoms with van der Waals surface area (Å²) in [5, 5.41) is 2.50. The van der Waals surface area contributed by atoms with Crippen molar-refractivity contribution in [1.29, 1.82) is 0 Å². The zero-order valence-electron chi connectivity index (χ0n) is 38.7. The Hall–Kier alpha value is -8.98. The molecular formula is C68H48N2. The molecule has 1 aromatic heterocycles. The summed E-state index contributed by atoms with van der Waals surface area (Å²) in [4.78, 5) is 2.48. The van der Waals surface area contributed by atoms with E-state index in [0.29, 0.717) is 6.54 Å². The lowest BCUT2D eigenvalue weighted by Gasteiger charge is -2.34. The maximum atomic E-state index is 2.49. The fourth-order valence-corrected chi connectivity index (χ4v) is 11.3. The third kappa shape index (κ3) is 6.95. The van der Waals surface area contributed by atoms with E-state index in [-0.39, 0.29) is 0 Å². The van der Waals surface area contributed by atoms with E-state index >= 15 is 0 Å². The van der Waals surface area contributed by atoms with Crippen LogP contribution in [0.15, 0.2) is 279 Å². The standard InChI is InChI=1S/C68H48N2/c1-5-19-49(20-6-1)50-36-39-57(40-37-50)69(47-48-35-41-61-60-31-13-15-33-64(60)68(65(61)43-48,55-24-7-2-8-25-55)56-26-9-3-10-27-56)59-30-18-23-53(45-59)51-21-17-22-52(44-51)54-38-42-67-63(46-54)62-32-14-16-34-66(62)70(67)58-28-11-4-12-29-58/h1-46H,47H2. The average Bonchev–Trinajstić information content (AvgIpc) is 3.93. The zero-order valence-corrected chi connectivity index (χ0v) is 38.7. The predicted octanol–water partition coefficient (Wildman–Crippen LogP) is 17.5. The van der Waals surface area contributed by atoms with Crippen molar-refractivity contribution in [2.45, 2.75) is 12.0 Å². The summed E-state index contributed by atoms with van der Waals surface area (Å²) in [6, 6.07) is 103. The van der Waals surface area contributed by atoms with E-state index in [9.17, 15) is 0 Å². The summed E-state index contributed by atoms with van der Waals surface area (Å²) in [6.07, 6.45) is 0. The molecule has 0 unspecified atom stereocenters. The Bertz CT molecular complexity index is 3800. The Morgan fingerprint density at radius 3 is 1.57 bits per heavy atom. The molecule has 0 atom stereocenters. The largest absolute Gasteiger partial charge is 0.337 e. The van der Waals surface area contributed by atoms with Gasteiger partial charge in [-0.05, 0) is 133 Å². The Balaban J connectivity index is 0.911. The zero-order chi connectivity index (χ0) is 46.4. The van der Waals surface area contributed by atoms with Gasteiger partial charge >= 0.3 is 0 Å². The fraction of sp³-hybridized carbons (Fsp3) is 0.0294. The molecule has 0 aliphatic heterocycles. The van der Waals surface area contributed by atoms with Crippen molar-refractivity contribution in [3.63, 3.8) is 0 Å². The van der Waals surface area contributed by atoms with Gasteiger partial charge in [0.05, 0.1) is 16.4 Å². The molecule has 0 N–H and O–H groups in total. The van der Waals surface area contributed by atoms with Crippen LogP contribution in [-0.4, -0.2) is 4.57 Å². The topological polar surface area (TPSA) is 8.17 Å². The van der Waals surface area contributed by atoms with Gasteiger partial charge in [0.2, 0.25) is 0 Å². The average molecular weight is 893 g/mol. The van der Waals surface area contributed by atoms with E-state index < -0.39 is 5.41 Å². The number of nitrogens with zero attached hydrogens (tertiary/aromatic N) is 2. The van der Waals surface area contributed by atoms with Crippen molar-refractivity contribution in [1.82, 2.24) is 4.57 Å². The minimum atomic E-state index is -0.471. The Labute approximate surface area is 409 Å². The fourth-order valence-electron chi connectivity index (χ4n) is 11.3. The number of anilines is 2. The second-order valence-corrected chi connectivity index (χ2v) is 18.5. The first-order valence-corrected chi connectivity index (χ1v) is 24.3.